The van der Waals surface area contributed by atoms with Gasteiger partial charge >= 0.3 is 0 Å². The fourth-order valence-corrected chi connectivity index (χ4v) is 5.71. The number of rotatable bonds is 4. The van der Waals surface area contributed by atoms with Crippen molar-refractivity contribution in [3.63, 3.8) is 0 Å². The number of sulfonamides is 2. The molecule has 8 nitrogen and oxygen atoms in total. The van der Waals surface area contributed by atoms with E-state index in [1.54, 1.807) is 12.1 Å². The summed E-state index contributed by atoms with van der Waals surface area (Å²) in [5, 5.41) is 20.6. The molecular formula is C16H18N2O6S2. The van der Waals surface area contributed by atoms with Crippen LogP contribution < -0.4 is 0 Å². The van der Waals surface area contributed by atoms with E-state index in [2.05, 4.69) is 0 Å². The standard InChI is InChI=1S/C16H18N2O6S2/c19-15-16(20)18(26(23,24)14-9-5-2-6-10-14)12-11-17(15)25(21,22)13-7-3-1-4-8-13/h1-10,15-16,19-20H,11-12H2. The Labute approximate surface area is 152 Å². The largest absolute Gasteiger partial charge is 0.373 e. The summed E-state index contributed by atoms with van der Waals surface area (Å²) in [5.41, 5.74) is 0. The minimum Gasteiger partial charge on any atom is -0.373 e. The third-order valence-electron chi connectivity index (χ3n) is 4.10. The van der Waals surface area contributed by atoms with Gasteiger partial charge in [0.05, 0.1) is 9.79 Å². The van der Waals surface area contributed by atoms with E-state index in [0.29, 0.717) is 8.61 Å². The Kier molecular flexibility index (Phi) is 5.15. The van der Waals surface area contributed by atoms with Gasteiger partial charge in [-0.1, -0.05) is 36.4 Å². The fourth-order valence-electron chi connectivity index (χ4n) is 2.74. The van der Waals surface area contributed by atoms with Crippen LogP contribution in [0.4, 0.5) is 0 Å². The van der Waals surface area contributed by atoms with Crippen molar-refractivity contribution in [3.8, 4) is 0 Å². The molecule has 1 heterocycles. The summed E-state index contributed by atoms with van der Waals surface area (Å²) in [4.78, 5) is -0.101. The van der Waals surface area contributed by atoms with E-state index in [1.165, 1.54) is 48.5 Å². The zero-order valence-electron chi connectivity index (χ0n) is 13.6. The van der Waals surface area contributed by atoms with Gasteiger partial charge in [-0.25, -0.2) is 16.8 Å². The first-order chi connectivity index (χ1) is 12.3. The molecule has 0 bridgehead atoms. The normalized spacial score (nSPS) is 23.0. The van der Waals surface area contributed by atoms with Crippen LogP contribution in [0, 0.1) is 0 Å². The second kappa shape index (κ2) is 7.06. The van der Waals surface area contributed by atoms with E-state index in [1.807, 2.05) is 0 Å². The topological polar surface area (TPSA) is 115 Å². The summed E-state index contributed by atoms with van der Waals surface area (Å²) in [6.07, 6.45) is -3.85. The molecule has 1 fully saturated rings. The van der Waals surface area contributed by atoms with Gasteiger partial charge in [0.1, 0.15) is 0 Å². The predicted octanol–water partition coefficient (Wildman–Crippen LogP) is 0.0186. The Morgan fingerprint density at radius 3 is 1.27 bits per heavy atom. The maximum atomic E-state index is 12.7. The maximum Gasteiger partial charge on any atom is 0.245 e. The molecule has 1 saturated heterocycles. The van der Waals surface area contributed by atoms with Gasteiger partial charge in [-0.2, -0.15) is 8.61 Å². The van der Waals surface area contributed by atoms with E-state index in [9.17, 15) is 27.0 Å². The van der Waals surface area contributed by atoms with Crippen LogP contribution in [0.15, 0.2) is 70.5 Å². The van der Waals surface area contributed by atoms with Crippen molar-refractivity contribution in [2.24, 2.45) is 0 Å². The zero-order chi connectivity index (χ0) is 18.9. The summed E-state index contributed by atoms with van der Waals surface area (Å²) >= 11 is 0. The van der Waals surface area contributed by atoms with Crippen molar-refractivity contribution < 1.29 is 27.0 Å². The molecule has 2 atom stereocenters. The molecule has 2 unspecified atom stereocenters. The summed E-state index contributed by atoms with van der Waals surface area (Å²) < 4.78 is 52.0. The minimum atomic E-state index is -4.08. The van der Waals surface area contributed by atoms with Crippen LogP contribution >= 0.6 is 0 Å². The number of aliphatic hydroxyl groups is 2. The van der Waals surface area contributed by atoms with Gasteiger partial charge < -0.3 is 10.2 Å². The lowest BCUT2D eigenvalue weighted by atomic mass is 10.4. The van der Waals surface area contributed by atoms with Gasteiger partial charge in [-0.15, -0.1) is 0 Å². The molecule has 0 spiro atoms. The molecule has 2 N–H and O–H groups in total. The SMILES string of the molecule is O=S(=O)(c1ccccc1)N1CCN(S(=O)(=O)c2ccccc2)C(O)C1O. The molecule has 10 heteroatoms. The highest BCUT2D eigenvalue weighted by molar-refractivity contribution is 7.89. The van der Waals surface area contributed by atoms with E-state index in [4.69, 9.17) is 0 Å². The van der Waals surface area contributed by atoms with Crippen molar-refractivity contribution in [1.29, 1.82) is 0 Å². The lowest BCUT2D eigenvalue weighted by molar-refractivity contribution is -0.120. The minimum absolute atomic E-state index is 0.0504. The zero-order valence-corrected chi connectivity index (χ0v) is 15.2. The lowest BCUT2D eigenvalue weighted by Crippen LogP contribution is -2.62. The summed E-state index contributed by atoms with van der Waals surface area (Å²) in [5.74, 6) is 0. The van der Waals surface area contributed by atoms with Crippen molar-refractivity contribution in [2.75, 3.05) is 13.1 Å². The molecule has 0 saturated carbocycles. The molecule has 0 aliphatic carbocycles. The Balaban J connectivity index is 1.89. The van der Waals surface area contributed by atoms with E-state index in [-0.39, 0.29) is 22.9 Å². The number of nitrogens with zero attached hydrogens (tertiary/aromatic N) is 2. The number of hydrogen-bond donors (Lipinski definition) is 2. The third-order valence-corrected chi connectivity index (χ3v) is 7.86. The highest BCUT2D eigenvalue weighted by Gasteiger charge is 2.45. The quantitative estimate of drug-likeness (QED) is 0.750. The van der Waals surface area contributed by atoms with E-state index in [0.717, 1.165) is 0 Å². The van der Waals surface area contributed by atoms with E-state index < -0.39 is 32.5 Å². The van der Waals surface area contributed by atoms with E-state index >= 15 is 0 Å². The molecule has 0 radical (unpaired) electrons. The van der Waals surface area contributed by atoms with Crippen molar-refractivity contribution >= 4 is 20.0 Å². The lowest BCUT2D eigenvalue weighted by Gasteiger charge is -2.40. The van der Waals surface area contributed by atoms with Crippen LogP contribution in [-0.2, 0) is 20.0 Å². The van der Waals surface area contributed by atoms with Gasteiger partial charge in [-0.05, 0) is 24.3 Å². The fraction of sp³-hybridized carbons (Fsp3) is 0.250. The average molecular weight is 398 g/mol. The van der Waals surface area contributed by atoms with Gasteiger partial charge in [0.15, 0.2) is 12.5 Å². The molecule has 1 aliphatic rings. The number of piperazine rings is 1. The highest BCUT2D eigenvalue weighted by atomic mass is 32.2. The van der Waals surface area contributed by atoms with Crippen molar-refractivity contribution in [1.82, 2.24) is 8.61 Å². The smallest absolute Gasteiger partial charge is 0.245 e. The van der Waals surface area contributed by atoms with Crippen LogP contribution in [-0.4, -0.2) is 61.2 Å². The van der Waals surface area contributed by atoms with Gasteiger partial charge in [0.25, 0.3) is 0 Å². The predicted molar refractivity (Wildman–Crippen MR) is 92.7 cm³/mol. The number of aliphatic hydroxyl groups excluding tert-OH is 2. The third kappa shape index (κ3) is 3.27. The van der Waals surface area contributed by atoms with Crippen LogP contribution in [0.3, 0.4) is 0 Å². The van der Waals surface area contributed by atoms with Crippen molar-refractivity contribution in [2.45, 2.75) is 22.2 Å². The molecule has 2 aromatic carbocycles. The summed E-state index contributed by atoms with van der Waals surface area (Å²) in [6, 6.07) is 14.9. The first-order valence-electron chi connectivity index (χ1n) is 7.76. The second-order valence-corrected chi connectivity index (χ2v) is 9.47. The van der Waals surface area contributed by atoms with Gasteiger partial charge in [0.2, 0.25) is 20.0 Å². The molecule has 0 amide bonds. The molecule has 0 aromatic heterocycles. The monoisotopic (exact) mass is 398 g/mol. The number of hydrogen-bond acceptors (Lipinski definition) is 6. The molecule has 140 valence electrons. The van der Waals surface area contributed by atoms with Gasteiger partial charge in [0, 0.05) is 13.1 Å². The van der Waals surface area contributed by atoms with Crippen LogP contribution in [0.2, 0.25) is 0 Å². The molecule has 1 aliphatic heterocycles. The first-order valence-corrected chi connectivity index (χ1v) is 10.6. The Morgan fingerprint density at radius 2 is 0.962 bits per heavy atom. The molecule has 3 rings (SSSR count). The number of benzene rings is 2. The Morgan fingerprint density at radius 1 is 0.654 bits per heavy atom. The van der Waals surface area contributed by atoms with Crippen LogP contribution in [0.5, 0.6) is 0 Å². The molecule has 2 aromatic rings. The first kappa shape index (κ1) is 19.0. The van der Waals surface area contributed by atoms with Crippen LogP contribution in [0.1, 0.15) is 0 Å². The Hall–Kier alpha value is -1.82. The Bertz CT molecular complexity index is 883. The van der Waals surface area contributed by atoms with Gasteiger partial charge in [-0.3, -0.25) is 0 Å². The summed E-state index contributed by atoms with van der Waals surface area (Å²) in [7, 11) is -8.15. The average Bonchev–Trinajstić information content (AvgIpc) is 2.65. The van der Waals surface area contributed by atoms with Crippen molar-refractivity contribution in [3.05, 3.63) is 60.7 Å². The molecular weight excluding hydrogens is 380 g/mol. The highest BCUT2D eigenvalue weighted by Crippen LogP contribution is 2.27. The summed E-state index contributed by atoms with van der Waals surface area (Å²) in [6.45, 7) is -0.580. The van der Waals surface area contributed by atoms with Crippen LogP contribution in [0.25, 0.3) is 0 Å². The molecule has 26 heavy (non-hydrogen) atoms. The second-order valence-electron chi connectivity index (χ2n) is 5.68. The maximum absolute atomic E-state index is 12.7.